The van der Waals surface area contributed by atoms with E-state index >= 15 is 0 Å². The number of carbonyl (C=O) groups excluding carboxylic acids is 1. The van der Waals surface area contributed by atoms with Crippen LogP contribution in [-0.4, -0.2) is 40.5 Å². The van der Waals surface area contributed by atoms with Crippen LogP contribution in [0, 0.1) is 13.8 Å². The van der Waals surface area contributed by atoms with Crippen LogP contribution in [0.1, 0.15) is 11.1 Å². The topological polar surface area (TPSA) is 65.4 Å². The Labute approximate surface area is 174 Å². The molecular weight excluding hydrogens is 386 g/mol. The van der Waals surface area contributed by atoms with E-state index in [9.17, 15) is 4.79 Å². The number of fused-ring (bicyclic) bond motifs is 1. The van der Waals surface area contributed by atoms with Gasteiger partial charge >= 0.3 is 0 Å². The van der Waals surface area contributed by atoms with Gasteiger partial charge in [0.15, 0.2) is 16.7 Å². The van der Waals surface area contributed by atoms with Gasteiger partial charge in [0.2, 0.25) is 5.91 Å². The lowest BCUT2D eigenvalue weighted by Gasteiger charge is -2.26. The number of imidazole rings is 1. The maximum absolute atomic E-state index is 12.3. The second-order valence-corrected chi connectivity index (χ2v) is 7.90. The van der Waals surface area contributed by atoms with E-state index in [1.807, 2.05) is 35.0 Å². The number of para-hydroxylation sites is 2. The van der Waals surface area contributed by atoms with Crippen molar-refractivity contribution >= 4 is 17.7 Å². The molecule has 1 aliphatic heterocycles. The average molecular weight is 410 g/mol. The van der Waals surface area contributed by atoms with Crippen LogP contribution in [0.25, 0.3) is 5.69 Å². The molecule has 150 valence electrons. The van der Waals surface area contributed by atoms with Crippen molar-refractivity contribution in [3.63, 3.8) is 0 Å². The minimum atomic E-state index is -0.198. The molecule has 1 aliphatic rings. The van der Waals surface area contributed by atoms with Gasteiger partial charge in [-0.15, -0.1) is 0 Å². The van der Waals surface area contributed by atoms with Crippen LogP contribution in [0.3, 0.4) is 0 Å². The number of amides is 1. The predicted octanol–water partition coefficient (Wildman–Crippen LogP) is 3.54. The summed E-state index contributed by atoms with van der Waals surface area (Å²) in [4.78, 5) is 16.7. The molecule has 0 radical (unpaired) electrons. The smallest absolute Gasteiger partial charge is 0.230 e. The average Bonchev–Trinajstić information content (AvgIpc) is 3.19. The number of aromatic nitrogens is 2. The quantitative estimate of drug-likeness (QED) is 0.631. The van der Waals surface area contributed by atoms with Gasteiger partial charge in [0.1, 0.15) is 12.7 Å². The molecule has 0 saturated carbocycles. The molecule has 3 aromatic rings. The standard InChI is InChI=1S/C22H23N3O3S/c1-15-7-8-18(16(2)11-15)25-10-9-23-22(25)29-14-21(26)24-12-17-13-27-19-5-3-4-6-20(19)28-17/h3-11,17H,12-14H2,1-2H3,(H,24,26). The Morgan fingerprint density at radius 1 is 1.24 bits per heavy atom. The molecule has 0 spiro atoms. The molecule has 0 aliphatic carbocycles. The highest BCUT2D eigenvalue weighted by molar-refractivity contribution is 7.99. The van der Waals surface area contributed by atoms with Crippen molar-refractivity contribution in [1.82, 2.24) is 14.9 Å². The Balaban J connectivity index is 1.30. The predicted molar refractivity (Wildman–Crippen MR) is 113 cm³/mol. The van der Waals surface area contributed by atoms with Gasteiger partial charge in [-0.3, -0.25) is 9.36 Å². The first kappa shape index (κ1) is 19.4. The monoisotopic (exact) mass is 409 g/mol. The highest BCUT2D eigenvalue weighted by Crippen LogP contribution is 2.30. The summed E-state index contributed by atoms with van der Waals surface area (Å²) >= 11 is 1.41. The molecule has 1 amide bonds. The number of benzene rings is 2. The first-order valence-corrected chi connectivity index (χ1v) is 10.5. The zero-order valence-electron chi connectivity index (χ0n) is 16.4. The number of nitrogens with zero attached hydrogens (tertiary/aromatic N) is 2. The Morgan fingerprint density at radius 2 is 2.07 bits per heavy atom. The summed E-state index contributed by atoms with van der Waals surface area (Å²) in [5, 5.41) is 3.71. The SMILES string of the molecule is Cc1ccc(-n2ccnc2SCC(=O)NCC2COc3ccccc3O2)c(C)c1. The first-order chi connectivity index (χ1) is 14.1. The third-order valence-corrected chi connectivity index (χ3v) is 5.61. The molecule has 0 bridgehead atoms. The molecule has 1 aromatic heterocycles. The molecule has 4 rings (SSSR count). The Morgan fingerprint density at radius 3 is 2.90 bits per heavy atom. The van der Waals surface area contributed by atoms with E-state index in [0.717, 1.165) is 16.6 Å². The van der Waals surface area contributed by atoms with Gasteiger partial charge in [0, 0.05) is 12.4 Å². The van der Waals surface area contributed by atoms with E-state index < -0.39 is 0 Å². The molecule has 1 N–H and O–H groups in total. The van der Waals surface area contributed by atoms with Crippen LogP contribution in [0.2, 0.25) is 0 Å². The van der Waals surface area contributed by atoms with Crippen molar-refractivity contribution in [3.8, 4) is 17.2 Å². The van der Waals surface area contributed by atoms with E-state index in [4.69, 9.17) is 9.47 Å². The number of aryl methyl sites for hydroxylation is 2. The van der Waals surface area contributed by atoms with Crippen molar-refractivity contribution in [3.05, 3.63) is 66.0 Å². The van der Waals surface area contributed by atoms with Gasteiger partial charge in [-0.25, -0.2) is 4.98 Å². The number of ether oxygens (including phenoxy) is 2. The van der Waals surface area contributed by atoms with Crippen LogP contribution in [0.4, 0.5) is 0 Å². The summed E-state index contributed by atoms with van der Waals surface area (Å²) in [6, 6.07) is 13.8. The van der Waals surface area contributed by atoms with E-state index in [-0.39, 0.29) is 17.8 Å². The molecule has 1 atom stereocenters. The minimum Gasteiger partial charge on any atom is -0.486 e. The van der Waals surface area contributed by atoms with Crippen LogP contribution < -0.4 is 14.8 Å². The third kappa shape index (κ3) is 4.56. The van der Waals surface area contributed by atoms with Gasteiger partial charge in [-0.1, -0.05) is 41.6 Å². The van der Waals surface area contributed by atoms with E-state index in [0.29, 0.717) is 18.9 Å². The van der Waals surface area contributed by atoms with Gasteiger partial charge in [0.05, 0.1) is 18.0 Å². The molecular formula is C22H23N3O3S. The Bertz CT molecular complexity index is 1020. The summed E-state index contributed by atoms with van der Waals surface area (Å²) < 4.78 is 13.6. The normalized spacial score (nSPS) is 15.2. The first-order valence-electron chi connectivity index (χ1n) is 9.49. The summed E-state index contributed by atoms with van der Waals surface area (Å²) in [6.07, 6.45) is 3.48. The number of hydrogen-bond donors (Lipinski definition) is 1. The molecule has 0 fully saturated rings. The lowest BCUT2D eigenvalue weighted by Crippen LogP contribution is -2.41. The fourth-order valence-corrected chi connectivity index (χ4v) is 4.02. The van der Waals surface area contributed by atoms with Gasteiger partial charge in [-0.2, -0.15) is 0 Å². The number of rotatable bonds is 6. The Kier molecular flexibility index (Phi) is 5.76. The second kappa shape index (κ2) is 8.61. The number of thioether (sulfide) groups is 1. The summed E-state index contributed by atoms with van der Waals surface area (Å²) in [5.74, 6) is 1.67. The van der Waals surface area contributed by atoms with Crippen molar-refractivity contribution in [2.75, 3.05) is 18.9 Å². The number of carbonyl (C=O) groups is 1. The lowest BCUT2D eigenvalue weighted by molar-refractivity contribution is -0.119. The van der Waals surface area contributed by atoms with Crippen molar-refractivity contribution in [2.24, 2.45) is 0 Å². The summed E-state index contributed by atoms with van der Waals surface area (Å²) in [5.41, 5.74) is 3.46. The maximum atomic E-state index is 12.3. The molecule has 29 heavy (non-hydrogen) atoms. The van der Waals surface area contributed by atoms with Gasteiger partial charge < -0.3 is 14.8 Å². The molecule has 1 unspecified atom stereocenters. The second-order valence-electron chi connectivity index (χ2n) is 6.96. The highest BCUT2D eigenvalue weighted by atomic mass is 32.2. The molecule has 2 aromatic carbocycles. The van der Waals surface area contributed by atoms with Crippen LogP contribution >= 0.6 is 11.8 Å². The number of hydrogen-bond acceptors (Lipinski definition) is 5. The zero-order chi connectivity index (χ0) is 20.2. The van der Waals surface area contributed by atoms with E-state index in [1.165, 1.54) is 22.9 Å². The van der Waals surface area contributed by atoms with Crippen molar-refractivity contribution in [1.29, 1.82) is 0 Å². The van der Waals surface area contributed by atoms with Crippen LogP contribution in [0.15, 0.2) is 60.0 Å². The zero-order valence-corrected chi connectivity index (χ0v) is 17.2. The molecule has 7 heteroatoms. The van der Waals surface area contributed by atoms with E-state index in [2.05, 4.69) is 42.3 Å². The maximum Gasteiger partial charge on any atom is 0.230 e. The minimum absolute atomic E-state index is 0.0624. The summed E-state index contributed by atoms with van der Waals surface area (Å²) in [7, 11) is 0. The van der Waals surface area contributed by atoms with Crippen LogP contribution in [-0.2, 0) is 4.79 Å². The Hall–Kier alpha value is -2.93. The highest BCUT2D eigenvalue weighted by Gasteiger charge is 2.21. The fraction of sp³-hybridized carbons (Fsp3) is 0.273. The summed E-state index contributed by atoms with van der Waals surface area (Å²) in [6.45, 7) is 4.97. The lowest BCUT2D eigenvalue weighted by atomic mass is 10.1. The fourth-order valence-electron chi connectivity index (χ4n) is 3.23. The van der Waals surface area contributed by atoms with Gasteiger partial charge in [-0.05, 0) is 37.6 Å². The van der Waals surface area contributed by atoms with Crippen molar-refractivity contribution in [2.45, 2.75) is 25.1 Å². The molecule has 6 nitrogen and oxygen atoms in total. The van der Waals surface area contributed by atoms with Crippen molar-refractivity contribution < 1.29 is 14.3 Å². The molecule has 0 saturated heterocycles. The third-order valence-electron chi connectivity index (χ3n) is 4.65. The van der Waals surface area contributed by atoms with Gasteiger partial charge in [0.25, 0.3) is 0 Å². The molecule has 2 heterocycles. The number of nitrogens with one attached hydrogen (secondary N) is 1. The van der Waals surface area contributed by atoms with E-state index in [1.54, 1.807) is 6.20 Å². The largest absolute Gasteiger partial charge is 0.486 e. The van der Waals surface area contributed by atoms with Crippen LogP contribution in [0.5, 0.6) is 11.5 Å².